The van der Waals surface area contributed by atoms with Crippen LogP contribution in [0.4, 0.5) is 0 Å². The molecule has 2 aromatic carbocycles. The Bertz CT molecular complexity index is 672. The minimum Gasteiger partial charge on any atom is -0.344 e. The predicted molar refractivity (Wildman–Crippen MR) is 96.3 cm³/mol. The Labute approximate surface area is 148 Å². The molecule has 0 heterocycles. The summed E-state index contributed by atoms with van der Waals surface area (Å²) in [7, 11) is 0. The first-order chi connectivity index (χ1) is 12.1. The lowest BCUT2D eigenvalue weighted by Crippen LogP contribution is -2.50. The summed E-state index contributed by atoms with van der Waals surface area (Å²) in [5.41, 5.74) is 4.29. The van der Waals surface area contributed by atoms with E-state index < -0.39 is 6.04 Å². The summed E-state index contributed by atoms with van der Waals surface area (Å²) in [6.07, 6.45) is 0.238. The van der Waals surface area contributed by atoms with Crippen molar-refractivity contribution < 1.29 is 14.4 Å². The van der Waals surface area contributed by atoms with E-state index in [4.69, 9.17) is 4.84 Å². The Hall–Kier alpha value is -2.66. The standard InChI is InChI=1S/C20H24N2O3/c1-15(2)19(21-18(23)13-16-9-5-3-6-10-16)20(24)22-25-14-17-11-7-4-8-12-17/h3-12,15,19H,13-14H2,1-2H3,(H,21,23)(H,22,24). The Kier molecular flexibility index (Phi) is 7.16. The van der Waals surface area contributed by atoms with Gasteiger partial charge in [-0.15, -0.1) is 0 Å². The van der Waals surface area contributed by atoms with Gasteiger partial charge in [-0.25, -0.2) is 5.48 Å². The van der Waals surface area contributed by atoms with Gasteiger partial charge in [-0.1, -0.05) is 74.5 Å². The lowest BCUT2D eigenvalue weighted by molar-refractivity contribution is -0.140. The molecule has 0 spiro atoms. The van der Waals surface area contributed by atoms with Crippen LogP contribution in [-0.4, -0.2) is 17.9 Å². The van der Waals surface area contributed by atoms with E-state index in [0.717, 1.165) is 11.1 Å². The van der Waals surface area contributed by atoms with Crippen molar-refractivity contribution in [2.24, 2.45) is 5.92 Å². The molecule has 0 saturated carbocycles. The van der Waals surface area contributed by atoms with Crippen LogP contribution in [-0.2, 0) is 27.5 Å². The minimum absolute atomic E-state index is 0.0555. The van der Waals surface area contributed by atoms with Crippen molar-refractivity contribution in [2.45, 2.75) is 32.9 Å². The summed E-state index contributed by atoms with van der Waals surface area (Å²) >= 11 is 0. The van der Waals surface area contributed by atoms with E-state index in [2.05, 4.69) is 10.8 Å². The second-order valence-corrected chi connectivity index (χ2v) is 6.19. The van der Waals surface area contributed by atoms with Crippen molar-refractivity contribution in [1.29, 1.82) is 0 Å². The summed E-state index contributed by atoms with van der Waals surface area (Å²) < 4.78 is 0. The highest BCUT2D eigenvalue weighted by atomic mass is 16.6. The Morgan fingerprint density at radius 3 is 2.04 bits per heavy atom. The zero-order valence-corrected chi connectivity index (χ0v) is 14.6. The van der Waals surface area contributed by atoms with E-state index in [0.29, 0.717) is 0 Å². The van der Waals surface area contributed by atoms with Crippen LogP contribution >= 0.6 is 0 Å². The second kappa shape index (κ2) is 9.59. The number of amides is 2. The molecule has 2 rings (SSSR count). The van der Waals surface area contributed by atoms with E-state index in [1.807, 2.05) is 74.5 Å². The quantitative estimate of drug-likeness (QED) is 0.726. The lowest BCUT2D eigenvalue weighted by Gasteiger charge is -2.21. The van der Waals surface area contributed by atoms with Crippen molar-refractivity contribution in [3.63, 3.8) is 0 Å². The zero-order chi connectivity index (χ0) is 18.1. The lowest BCUT2D eigenvalue weighted by atomic mass is 10.0. The van der Waals surface area contributed by atoms with Gasteiger partial charge in [0, 0.05) is 0 Å². The van der Waals surface area contributed by atoms with Crippen LogP contribution in [0.3, 0.4) is 0 Å². The summed E-state index contributed by atoms with van der Waals surface area (Å²) in [5.74, 6) is -0.601. The summed E-state index contributed by atoms with van der Waals surface area (Å²) in [4.78, 5) is 29.8. The van der Waals surface area contributed by atoms with Gasteiger partial charge in [-0.2, -0.15) is 0 Å². The molecule has 0 aliphatic carbocycles. The van der Waals surface area contributed by atoms with Crippen LogP contribution in [0.15, 0.2) is 60.7 Å². The molecule has 0 fully saturated rings. The maximum atomic E-state index is 12.3. The van der Waals surface area contributed by atoms with Crippen LogP contribution in [0.25, 0.3) is 0 Å². The molecule has 1 unspecified atom stereocenters. The number of benzene rings is 2. The van der Waals surface area contributed by atoms with Crippen molar-refractivity contribution in [2.75, 3.05) is 0 Å². The molecule has 0 bridgehead atoms. The first kappa shape index (κ1) is 18.7. The maximum Gasteiger partial charge on any atom is 0.266 e. The molecule has 2 N–H and O–H groups in total. The average Bonchev–Trinajstić information content (AvgIpc) is 2.61. The number of hydrogen-bond donors (Lipinski definition) is 2. The van der Waals surface area contributed by atoms with Gasteiger partial charge in [0.1, 0.15) is 6.04 Å². The van der Waals surface area contributed by atoms with E-state index in [1.54, 1.807) is 0 Å². The fourth-order valence-corrected chi connectivity index (χ4v) is 2.37. The number of carbonyl (C=O) groups is 2. The molecule has 5 heteroatoms. The molecule has 0 radical (unpaired) electrons. The van der Waals surface area contributed by atoms with Crippen LogP contribution < -0.4 is 10.8 Å². The first-order valence-electron chi connectivity index (χ1n) is 8.35. The average molecular weight is 340 g/mol. The third kappa shape index (κ3) is 6.39. The van der Waals surface area contributed by atoms with E-state index in [-0.39, 0.29) is 30.8 Å². The van der Waals surface area contributed by atoms with Gasteiger partial charge < -0.3 is 5.32 Å². The number of hydrogen-bond acceptors (Lipinski definition) is 3. The third-order valence-electron chi connectivity index (χ3n) is 3.73. The van der Waals surface area contributed by atoms with E-state index in [1.165, 1.54) is 0 Å². The molecule has 1 atom stereocenters. The molecule has 0 aliphatic heterocycles. The molecule has 0 aliphatic rings. The molecule has 2 aromatic rings. The fraction of sp³-hybridized carbons (Fsp3) is 0.300. The highest BCUT2D eigenvalue weighted by Crippen LogP contribution is 2.05. The van der Waals surface area contributed by atoms with Gasteiger partial charge in [-0.3, -0.25) is 14.4 Å². The minimum atomic E-state index is -0.646. The highest BCUT2D eigenvalue weighted by Gasteiger charge is 2.24. The van der Waals surface area contributed by atoms with Gasteiger partial charge in [0.05, 0.1) is 13.0 Å². The Balaban J connectivity index is 1.84. The van der Waals surface area contributed by atoms with E-state index in [9.17, 15) is 9.59 Å². The molecule has 2 amide bonds. The van der Waals surface area contributed by atoms with Crippen molar-refractivity contribution in [3.8, 4) is 0 Å². The summed E-state index contributed by atoms with van der Waals surface area (Å²) in [6, 6.07) is 18.3. The number of nitrogens with one attached hydrogen (secondary N) is 2. The fourth-order valence-electron chi connectivity index (χ4n) is 2.37. The molecule has 0 aromatic heterocycles. The summed E-state index contributed by atoms with van der Waals surface area (Å²) in [6.45, 7) is 4.03. The molecule has 25 heavy (non-hydrogen) atoms. The summed E-state index contributed by atoms with van der Waals surface area (Å²) in [5, 5.41) is 2.78. The van der Waals surface area contributed by atoms with E-state index >= 15 is 0 Å². The van der Waals surface area contributed by atoms with Gasteiger partial charge in [-0.05, 0) is 17.0 Å². The molecule has 0 saturated heterocycles. The maximum absolute atomic E-state index is 12.3. The number of carbonyl (C=O) groups excluding carboxylic acids is 2. The second-order valence-electron chi connectivity index (χ2n) is 6.19. The Morgan fingerprint density at radius 2 is 1.48 bits per heavy atom. The normalized spacial score (nSPS) is 11.8. The van der Waals surface area contributed by atoms with Crippen LogP contribution in [0, 0.1) is 5.92 Å². The van der Waals surface area contributed by atoms with Gasteiger partial charge in [0.15, 0.2) is 0 Å². The first-order valence-corrected chi connectivity index (χ1v) is 8.35. The monoisotopic (exact) mass is 340 g/mol. The Morgan fingerprint density at radius 1 is 0.920 bits per heavy atom. The van der Waals surface area contributed by atoms with Crippen LogP contribution in [0.1, 0.15) is 25.0 Å². The predicted octanol–water partition coefficient (Wildman–Crippen LogP) is 2.62. The number of hydroxylamine groups is 1. The highest BCUT2D eigenvalue weighted by molar-refractivity contribution is 5.88. The van der Waals surface area contributed by atoms with Gasteiger partial charge >= 0.3 is 0 Å². The third-order valence-corrected chi connectivity index (χ3v) is 3.73. The van der Waals surface area contributed by atoms with Gasteiger partial charge in [0.2, 0.25) is 5.91 Å². The van der Waals surface area contributed by atoms with Crippen molar-refractivity contribution in [1.82, 2.24) is 10.8 Å². The zero-order valence-electron chi connectivity index (χ0n) is 14.6. The molecular weight excluding hydrogens is 316 g/mol. The van der Waals surface area contributed by atoms with Crippen molar-refractivity contribution in [3.05, 3.63) is 71.8 Å². The molecule has 5 nitrogen and oxygen atoms in total. The van der Waals surface area contributed by atoms with Crippen LogP contribution in [0.2, 0.25) is 0 Å². The van der Waals surface area contributed by atoms with Crippen molar-refractivity contribution >= 4 is 11.8 Å². The topological polar surface area (TPSA) is 67.4 Å². The van der Waals surface area contributed by atoms with Crippen LogP contribution in [0.5, 0.6) is 0 Å². The SMILES string of the molecule is CC(C)C(NC(=O)Cc1ccccc1)C(=O)NOCc1ccccc1. The smallest absolute Gasteiger partial charge is 0.266 e. The largest absolute Gasteiger partial charge is 0.344 e. The molecular formula is C20H24N2O3. The molecule has 132 valence electrons. The number of rotatable bonds is 8. The van der Waals surface area contributed by atoms with Gasteiger partial charge in [0.25, 0.3) is 5.91 Å².